The minimum Gasteiger partial charge on any atom is -0.456 e. The van der Waals surface area contributed by atoms with E-state index in [4.69, 9.17) is 9.94 Å². The maximum atomic E-state index is 12.0. The summed E-state index contributed by atoms with van der Waals surface area (Å²) in [7, 11) is 0. The van der Waals surface area contributed by atoms with Crippen LogP contribution in [0.1, 0.15) is 23.0 Å². The number of oxime groups is 1. The van der Waals surface area contributed by atoms with Crippen molar-refractivity contribution in [3.05, 3.63) is 41.6 Å². The van der Waals surface area contributed by atoms with Gasteiger partial charge in [0, 0.05) is 11.1 Å². The molecule has 0 saturated heterocycles. The standard InChI is InChI=1S/C14H14N2O3/c1-9-7-12(14(17)19-8-10(2)16-18)11-5-3-4-6-13(11)15-9/h3-7,18H,8H2,1-2H3/b16-10+. The number of benzene rings is 1. The van der Waals surface area contributed by atoms with E-state index in [-0.39, 0.29) is 6.61 Å². The molecule has 0 amide bonds. The lowest BCUT2D eigenvalue weighted by Crippen LogP contribution is -2.12. The summed E-state index contributed by atoms with van der Waals surface area (Å²) in [5.74, 6) is -0.454. The molecule has 0 spiro atoms. The lowest BCUT2D eigenvalue weighted by molar-refractivity contribution is 0.0563. The third-order valence-corrected chi connectivity index (χ3v) is 2.65. The van der Waals surface area contributed by atoms with Crippen molar-refractivity contribution in [2.24, 2.45) is 5.16 Å². The van der Waals surface area contributed by atoms with Gasteiger partial charge < -0.3 is 9.94 Å². The highest BCUT2D eigenvalue weighted by Crippen LogP contribution is 2.18. The molecule has 1 N–H and O–H groups in total. The smallest absolute Gasteiger partial charge is 0.339 e. The summed E-state index contributed by atoms with van der Waals surface area (Å²) in [6.07, 6.45) is 0. The van der Waals surface area contributed by atoms with Gasteiger partial charge in [-0.2, -0.15) is 0 Å². The van der Waals surface area contributed by atoms with E-state index in [0.717, 1.165) is 16.6 Å². The highest BCUT2D eigenvalue weighted by atomic mass is 16.5. The molecule has 0 fully saturated rings. The first-order valence-electron chi connectivity index (χ1n) is 5.83. The van der Waals surface area contributed by atoms with Crippen LogP contribution in [0, 0.1) is 6.92 Å². The predicted molar refractivity (Wildman–Crippen MR) is 71.7 cm³/mol. The lowest BCUT2D eigenvalue weighted by atomic mass is 10.1. The Morgan fingerprint density at radius 2 is 2.16 bits per heavy atom. The molecule has 1 heterocycles. The first kappa shape index (κ1) is 13.0. The van der Waals surface area contributed by atoms with Gasteiger partial charge in [-0.1, -0.05) is 23.4 Å². The van der Waals surface area contributed by atoms with Crippen molar-refractivity contribution in [2.75, 3.05) is 6.61 Å². The lowest BCUT2D eigenvalue weighted by Gasteiger charge is -2.07. The molecule has 2 rings (SSSR count). The molecular formula is C14H14N2O3. The topological polar surface area (TPSA) is 71.8 Å². The van der Waals surface area contributed by atoms with Crippen molar-refractivity contribution >= 4 is 22.6 Å². The van der Waals surface area contributed by atoms with E-state index in [2.05, 4.69) is 10.1 Å². The number of pyridine rings is 1. The quantitative estimate of drug-likeness (QED) is 0.397. The number of esters is 1. The maximum absolute atomic E-state index is 12.0. The van der Waals surface area contributed by atoms with Crippen molar-refractivity contribution in [2.45, 2.75) is 13.8 Å². The van der Waals surface area contributed by atoms with E-state index < -0.39 is 5.97 Å². The van der Waals surface area contributed by atoms with Crippen LogP contribution in [0.5, 0.6) is 0 Å². The Morgan fingerprint density at radius 3 is 2.89 bits per heavy atom. The summed E-state index contributed by atoms with van der Waals surface area (Å²) in [6, 6.07) is 9.07. The van der Waals surface area contributed by atoms with Crippen LogP contribution in [0.15, 0.2) is 35.5 Å². The Balaban J connectivity index is 2.36. The summed E-state index contributed by atoms with van der Waals surface area (Å²) >= 11 is 0. The average molecular weight is 258 g/mol. The molecule has 2 aromatic rings. The fourth-order valence-corrected chi connectivity index (χ4v) is 1.75. The molecule has 98 valence electrons. The van der Waals surface area contributed by atoms with Gasteiger partial charge in [-0.15, -0.1) is 0 Å². The van der Waals surface area contributed by atoms with Gasteiger partial charge in [-0.25, -0.2) is 4.79 Å². The van der Waals surface area contributed by atoms with E-state index in [9.17, 15) is 4.79 Å². The summed E-state index contributed by atoms with van der Waals surface area (Å²) in [6.45, 7) is 3.36. The number of hydrogen-bond acceptors (Lipinski definition) is 5. The van der Waals surface area contributed by atoms with Crippen LogP contribution < -0.4 is 0 Å². The van der Waals surface area contributed by atoms with E-state index in [1.807, 2.05) is 31.2 Å². The minimum absolute atomic E-state index is 0.0367. The number of nitrogens with zero attached hydrogens (tertiary/aromatic N) is 2. The van der Waals surface area contributed by atoms with Gasteiger partial charge in [0.05, 0.1) is 16.8 Å². The summed E-state index contributed by atoms with van der Waals surface area (Å²) < 4.78 is 5.09. The van der Waals surface area contributed by atoms with Gasteiger partial charge in [0.2, 0.25) is 0 Å². The predicted octanol–water partition coefficient (Wildman–Crippen LogP) is 2.55. The zero-order chi connectivity index (χ0) is 13.8. The molecule has 0 aliphatic carbocycles. The van der Waals surface area contributed by atoms with Crippen molar-refractivity contribution in [3.8, 4) is 0 Å². The Hall–Kier alpha value is -2.43. The first-order chi connectivity index (χ1) is 9.11. The molecule has 0 aliphatic heterocycles. The average Bonchev–Trinajstić information content (AvgIpc) is 2.43. The second kappa shape index (κ2) is 5.48. The first-order valence-corrected chi connectivity index (χ1v) is 5.83. The third-order valence-electron chi connectivity index (χ3n) is 2.65. The molecule has 1 aromatic carbocycles. The Morgan fingerprint density at radius 1 is 1.42 bits per heavy atom. The fraction of sp³-hybridized carbons (Fsp3) is 0.214. The Labute approximate surface area is 110 Å². The van der Waals surface area contributed by atoms with Crippen molar-refractivity contribution in [1.29, 1.82) is 0 Å². The number of rotatable bonds is 3. The molecule has 0 bridgehead atoms. The molecule has 19 heavy (non-hydrogen) atoms. The number of aromatic nitrogens is 1. The number of carbonyl (C=O) groups is 1. The largest absolute Gasteiger partial charge is 0.456 e. The van der Waals surface area contributed by atoms with Gasteiger partial charge in [0.1, 0.15) is 6.61 Å². The van der Waals surface area contributed by atoms with E-state index in [1.54, 1.807) is 13.0 Å². The zero-order valence-electron chi connectivity index (χ0n) is 10.8. The van der Waals surface area contributed by atoms with Gasteiger partial charge in [0.15, 0.2) is 0 Å². The van der Waals surface area contributed by atoms with Crippen LogP contribution >= 0.6 is 0 Å². The molecule has 0 atom stereocenters. The van der Waals surface area contributed by atoms with Crippen LogP contribution in [0.4, 0.5) is 0 Å². The van der Waals surface area contributed by atoms with Gasteiger partial charge in [0.25, 0.3) is 0 Å². The number of para-hydroxylation sites is 1. The van der Waals surface area contributed by atoms with Crippen LogP contribution in [-0.2, 0) is 4.74 Å². The Bertz CT molecular complexity index is 650. The molecule has 0 radical (unpaired) electrons. The number of fused-ring (bicyclic) bond motifs is 1. The van der Waals surface area contributed by atoms with Crippen LogP contribution in [0.25, 0.3) is 10.9 Å². The molecule has 0 saturated carbocycles. The molecule has 5 heteroatoms. The summed E-state index contributed by atoms with van der Waals surface area (Å²) in [4.78, 5) is 16.4. The Kier molecular flexibility index (Phi) is 3.75. The second-order valence-electron chi connectivity index (χ2n) is 4.24. The van der Waals surface area contributed by atoms with Gasteiger partial charge >= 0.3 is 5.97 Å². The minimum atomic E-state index is -0.454. The van der Waals surface area contributed by atoms with Crippen molar-refractivity contribution in [3.63, 3.8) is 0 Å². The second-order valence-corrected chi connectivity index (χ2v) is 4.24. The van der Waals surface area contributed by atoms with Gasteiger partial charge in [-0.3, -0.25) is 4.98 Å². The zero-order valence-corrected chi connectivity index (χ0v) is 10.8. The molecular weight excluding hydrogens is 244 g/mol. The highest BCUT2D eigenvalue weighted by molar-refractivity contribution is 6.04. The van der Waals surface area contributed by atoms with Crippen LogP contribution in [0.2, 0.25) is 0 Å². The maximum Gasteiger partial charge on any atom is 0.339 e. The van der Waals surface area contributed by atoms with Crippen LogP contribution in [0.3, 0.4) is 0 Å². The van der Waals surface area contributed by atoms with E-state index in [1.165, 1.54) is 0 Å². The monoisotopic (exact) mass is 258 g/mol. The van der Waals surface area contributed by atoms with Crippen LogP contribution in [-0.4, -0.2) is 28.5 Å². The summed E-state index contributed by atoms with van der Waals surface area (Å²) in [5, 5.41) is 12.2. The number of hydrogen-bond donors (Lipinski definition) is 1. The normalized spacial score (nSPS) is 11.6. The SMILES string of the molecule is C/C(COC(=O)c1cc(C)nc2ccccc12)=N\O. The van der Waals surface area contributed by atoms with Crippen molar-refractivity contribution in [1.82, 2.24) is 4.98 Å². The molecule has 1 aromatic heterocycles. The van der Waals surface area contributed by atoms with Gasteiger partial charge in [-0.05, 0) is 26.0 Å². The molecule has 0 unspecified atom stereocenters. The van der Waals surface area contributed by atoms with Crippen molar-refractivity contribution < 1.29 is 14.7 Å². The van der Waals surface area contributed by atoms with E-state index in [0.29, 0.717) is 11.3 Å². The molecule has 5 nitrogen and oxygen atoms in total. The van der Waals surface area contributed by atoms with E-state index >= 15 is 0 Å². The highest BCUT2D eigenvalue weighted by Gasteiger charge is 2.13. The molecule has 0 aliphatic rings. The fourth-order valence-electron chi connectivity index (χ4n) is 1.75. The number of carbonyl (C=O) groups excluding carboxylic acids is 1. The summed E-state index contributed by atoms with van der Waals surface area (Å²) in [5.41, 5.74) is 2.30. The third kappa shape index (κ3) is 2.88. The number of aryl methyl sites for hydroxylation is 1. The number of ether oxygens (including phenoxy) is 1.